The number of guanidine groups is 1. The number of nitrogens with one attached hydrogen (secondary N) is 2. The molecule has 0 aliphatic carbocycles. The van der Waals surface area contributed by atoms with Gasteiger partial charge in [-0.15, -0.1) is 24.0 Å². The van der Waals surface area contributed by atoms with E-state index in [1.807, 2.05) is 12.1 Å². The Hall–Kier alpha value is -0.890. The third-order valence-electron chi connectivity index (χ3n) is 4.70. The maximum Gasteiger partial charge on any atom is 0.191 e. The van der Waals surface area contributed by atoms with Crippen LogP contribution in [-0.4, -0.2) is 50.1 Å². The Morgan fingerprint density at radius 3 is 2.67 bits per heavy atom. The molecular formula is C21H36FIN4. The van der Waals surface area contributed by atoms with E-state index in [1.165, 1.54) is 38.1 Å². The molecule has 1 aromatic rings. The lowest BCUT2D eigenvalue weighted by molar-refractivity contribution is 0.162. The molecule has 6 heteroatoms. The summed E-state index contributed by atoms with van der Waals surface area (Å²) < 4.78 is 13.0. The standard InChI is InChI=1S/C21H35FN4.HI/c1-4-23-21(24-12-11-18-7-9-20(22)10-8-18)25-14-19-6-5-13-26(16-19)15-17(2)3;/h7-10,17,19H,4-6,11-16H2,1-3H3,(H2,23,24,25);1H. The second-order valence-corrected chi connectivity index (χ2v) is 7.68. The van der Waals surface area contributed by atoms with Crippen molar-refractivity contribution >= 4 is 29.9 Å². The third kappa shape index (κ3) is 9.74. The first-order valence-corrected chi connectivity index (χ1v) is 10.1. The van der Waals surface area contributed by atoms with Crippen LogP contribution < -0.4 is 10.6 Å². The van der Waals surface area contributed by atoms with Crippen molar-refractivity contribution in [3.63, 3.8) is 0 Å². The summed E-state index contributed by atoms with van der Waals surface area (Å²) in [4.78, 5) is 7.39. The molecule has 2 rings (SSSR count). The molecule has 2 N–H and O–H groups in total. The van der Waals surface area contributed by atoms with Crippen molar-refractivity contribution in [1.29, 1.82) is 0 Å². The Morgan fingerprint density at radius 2 is 2.00 bits per heavy atom. The van der Waals surface area contributed by atoms with Crippen LogP contribution in [0.15, 0.2) is 29.3 Å². The number of benzene rings is 1. The fourth-order valence-corrected chi connectivity index (χ4v) is 3.52. The molecule has 27 heavy (non-hydrogen) atoms. The van der Waals surface area contributed by atoms with Crippen LogP contribution in [0.1, 0.15) is 39.2 Å². The van der Waals surface area contributed by atoms with E-state index in [0.717, 1.165) is 50.0 Å². The number of piperidine rings is 1. The van der Waals surface area contributed by atoms with Gasteiger partial charge in [-0.25, -0.2) is 4.39 Å². The first-order valence-electron chi connectivity index (χ1n) is 10.1. The molecule has 1 aromatic carbocycles. The van der Waals surface area contributed by atoms with Crippen molar-refractivity contribution in [2.24, 2.45) is 16.8 Å². The Kier molecular flexibility index (Phi) is 11.9. The van der Waals surface area contributed by atoms with Crippen molar-refractivity contribution in [2.45, 2.75) is 40.0 Å². The van der Waals surface area contributed by atoms with Crippen LogP contribution in [0.5, 0.6) is 0 Å². The van der Waals surface area contributed by atoms with E-state index < -0.39 is 0 Å². The Balaban J connectivity index is 0.00000364. The molecule has 4 nitrogen and oxygen atoms in total. The van der Waals surface area contributed by atoms with Crippen LogP contribution in [0, 0.1) is 17.7 Å². The van der Waals surface area contributed by atoms with E-state index in [-0.39, 0.29) is 29.8 Å². The highest BCUT2D eigenvalue weighted by atomic mass is 127. The van der Waals surface area contributed by atoms with Crippen LogP contribution in [0.2, 0.25) is 0 Å². The van der Waals surface area contributed by atoms with Crippen LogP contribution in [0.3, 0.4) is 0 Å². The zero-order valence-corrected chi connectivity index (χ0v) is 19.3. The Morgan fingerprint density at radius 1 is 1.26 bits per heavy atom. The molecule has 0 saturated carbocycles. The van der Waals surface area contributed by atoms with E-state index in [2.05, 4.69) is 36.3 Å². The summed E-state index contributed by atoms with van der Waals surface area (Å²) in [6.07, 6.45) is 3.41. The highest BCUT2D eigenvalue weighted by Crippen LogP contribution is 2.17. The number of hydrogen-bond donors (Lipinski definition) is 2. The van der Waals surface area contributed by atoms with Crippen molar-refractivity contribution in [3.05, 3.63) is 35.6 Å². The quantitative estimate of drug-likeness (QED) is 0.330. The lowest BCUT2D eigenvalue weighted by Gasteiger charge is -2.33. The summed E-state index contributed by atoms with van der Waals surface area (Å²) in [5.41, 5.74) is 1.13. The molecule has 1 fully saturated rings. The number of aliphatic imine (C=N–C) groups is 1. The summed E-state index contributed by atoms with van der Waals surface area (Å²) in [5, 5.41) is 6.72. The predicted octanol–water partition coefficient (Wildman–Crippen LogP) is 3.91. The number of likely N-dealkylation sites (tertiary alicyclic amines) is 1. The molecule has 0 aromatic heterocycles. The lowest BCUT2D eigenvalue weighted by Crippen LogP contribution is -2.41. The Labute approximate surface area is 181 Å². The zero-order chi connectivity index (χ0) is 18.8. The second-order valence-electron chi connectivity index (χ2n) is 7.68. The number of hydrogen-bond acceptors (Lipinski definition) is 2. The van der Waals surface area contributed by atoms with Gasteiger partial charge < -0.3 is 15.5 Å². The maximum absolute atomic E-state index is 13.0. The van der Waals surface area contributed by atoms with Gasteiger partial charge in [-0.05, 0) is 62.3 Å². The minimum Gasteiger partial charge on any atom is -0.357 e. The molecular weight excluding hydrogens is 454 g/mol. The van der Waals surface area contributed by atoms with E-state index >= 15 is 0 Å². The topological polar surface area (TPSA) is 39.7 Å². The molecule has 0 bridgehead atoms. The van der Waals surface area contributed by atoms with E-state index in [9.17, 15) is 4.39 Å². The molecule has 154 valence electrons. The average Bonchev–Trinajstić information content (AvgIpc) is 2.61. The van der Waals surface area contributed by atoms with Crippen LogP contribution in [0.4, 0.5) is 4.39 Å². The molecule has 1 heterocycles. The summed E-state index contributed by atoms with van der Waals surface area (Å²) in [6.45, 7) is 12.8. The summed E-state index contributed by atoms with van der Waals surface area (Å²) in [5.74, 6) is 2.07. The fourth-order valence-electron chi connectivity index (χ4n) is 3.52. The van der Waals surface area contributed by atoms with Crippen molar-refractivity contribution in [3.8, 4) is 0 Å². The number of rotatable bonds is 8. The predicted molar refractivity (Wildman–Crippen MR) is 124 cm³/mol. The highest BCUT2D eigenvalue weighted by molar-refractivity contribution is 14.0. The summed E-state index contributed by atoms with van der Waals surface area (Å²) in [7, 11) is 0. The van der Waals surface area contributed by atoms with Gasteiger partial charge >= 0.3 is 0 Å². The zero-order valence-electron chi connectivity index (χ0n) is 17.0. The van der Waals surface area contributed by atoms with Crippen molar-refractivity contribution in [2.75, 3.05) is 39.3 Å². The van der Waals surface area contributed by atoms with E-state index in [1.54, 1.807) is 0 Å². The number of halogens is 2. The molecule has 1 atom stereocenters. The smallest absolute Gasteiger partial charge is 0.191 e. The van der Waals surface area contributed by atoms with Gasteiger partial charge in [0.15, 0.2) is 5.96 Å². The average molecular weight is 490 g/mol. The third-order valence-corrected chi connectivity index (χ3v) is 4.70. The minimum atomic E-state index is -0.185. The van der Waals surface area contributed by atoms with Gasteiger partial charge in [-0.2, -0.15) is 0 Å². The van der Waals surface area contributed by atoms with Gasteiger partial charge in [-0.3, -0.25) is 4.99 Å². The number of nitrogens with zero attached hydrogens (tertiary/aromatic N) is 2. The van der Waals surface area contributed by atoms with Gasteiger partial charge in [0.2, 0.25) is 0 Å². The molecule has 1 aliphatic heterocycles. The SMILES string of the molecule is CCNC(=NCC1CCCN(CC(C)C)C1)NCCc1ccc(F)cc1.I. The normalized spacial score (nSPS) is 18.3. The molecule has 0 amide bonds. The van der Waals surface area contributed by atoms with Crippen LogP contribution >= 0.6 is 24.0 Å². The molecule has 0 spiro atoms. The lowest BCUT2D eigenvalue weighted by atomic mass is 9.97. The first-order chi connectivity index (χ1) is 12.6. The molecule has 1 saturated heterocycles. The largest absolute Gasteiger partial charge is 0.357 e. The van der Waals surface area contributed by atoms with Gasteiger partial charge in [0, 0.05) is 32.7 Å². The minimum absolute atomic E-state index is 0. The van der Waals surface area contributed by atoms with Gasteiger partial charge in [0.25, 0.3) is 0 Å². The van der Waals surface area contributed by atoms with Crippen LogP contribution in [-0.2, 0) is 6.42 Å². The summed E-state index contributed by atoms with van der Waals surface area (Å²) >= 11 is 0. The molecule has 1 unspecified atom stereocenters. The van der Waals surface area contributed by atoms with Crippen molar-refractivity contribution < 1.29 is 4.39 Å². The molecule has 1 aliphatic rings. The first kappa shape index (κ1) is 24.1. The van der Waals surface area contributed by atoms with E-state index in [0.29, 0.717) is 5.92 Å². The van der Waals surface area contributed by atoms with E-state index in [4.69, 9.17) is 4.99 Å². The van der Waals surface area contributed by atoms with Crippen LogP contribution in [0.25, 0.3) is 0 Å². The van der Waals surface area contributed by atoms with Gasteiger partial charge in [0.05, 0.1) is 0 Å². The highest BCUT2D eigenvalue weighted by Gasteiger charge is 2.20. The second kappa shape index (κ2) is 13.3. The van der Waals surface area contributed by atoms with Crippen molar-refractivity contribution in [1.82, 2.24) is 15.5 Å². The maximum atomic E-state index is 13.0. The Bertz CT molecular complexity index is 548. The summed E-state index contributed by atoms with van der Waals surface area (Å²) in [6, 6.07) is 6.71. The molecule has 0 radical (unpaired) electrons. The van der Waals surface area contributed by atoms with Gasteiger partial charge in [0.1, 0.15) is 5.82 Å². The fraction of sp³-hybridized carbons (Fsp3) is 0.667. The monoisotopic (exact) mass is 490 g/mol. The van der Waals surface area contributed by atoms with Gasteiger partial charge in [-0.1, -0.05) is 26.0 Å².